The van der Waals surface area contributed by atoms with Crippen LogP contribution in [0.1, 0.15) is 51.0 Å². The number of aromatic nitrogens is 1. The number of aryl methyl sites for hydroxylation is 1. The van der Waals surface area contributed by atoms with Crippen molar-refractivity contribution >= 4 is 23.0 Å². The number of aliphatic hydroxyl groups is 1. The van der Waals surface area contributed by atoms with Gasteiger partial charge in [0.1, 0.15) is 34.3 Å². The van der Waals surface area contributed by atoms with Gasteiger partial charge < -0.3 is 19.3 Å². The Bertz CT molecular complexity index is 1100. The van der Waals surface area contributed by atoms with Gasteiger partial charge in [-0.2, -0.15) is 0 Å². The Hall–Kier alpha value is -2.94. The third-order valence-corrected chi connectivity index (χ3v) is 5.85. The maximum Gasteiger partial charge on any atom is 0.411 e. The summed E-state index contributed by atoms with van der Waals surface area (Å²) in [6.45, 7) is 6.91. The zero-order valence-electron chi connectivity index (χ0n) is 18.8. The van der Waals surface area contributed by atoms with Gasteiger partial charge in [0.2, 0.25) is 0 Å². The molecule has 8 nitrogen and oxygen atoms in total. The van der Waals surface area contributed by atoms with E-state index < -0.39 is 41.2 Å². The number of pyridine rings is 1. The SMILES string of the molecule is COC(=O)[C@@H]1C[C@@]2(CC(O)c3c(c(C)nc4c(F)cccc34)O2)CN1C(=O)OC(C)(C)C. The number of carbonyl (C=O) groups is 2. The number of hydrogen-bond acceptors (Lipinski definition) is 7. The highest BCUT2D eigenvalue weighted by Crippen LogP contribution is 2.49. The number of carbonyl (C=O) groups excluding carboxylic acids is 2. The average molecular weight is 446 g/mol. The van der Waals surface area contributed by atoms with Crippen LogP contribution < -0.4 is 4.74 Å². The van der Waals surface area contributed by atoms with E-state index in [2.05, 4.69) is 4.98 Å². The molecule has 1 saturated heterocycles. The highest BCUT2D eigenvalue weighted by atomic mass is 19.1. The van der Waals surface area contributed by atoms with Crippen molar-refractivity contribution in [3.05, 3.63) is 35.3 Å². The predicted octanol–water partition coefficient (Wildman–Crippen LogP) is 3.42. The van der Waals surface area contributed by atoms with Crippen molar-refractivity contribution in [2.75, 3.05) is 13.7 Å². The summed E-state index contributed by atoms with van der Waals surface area (Å²) >= 11 is 0. The van der Waals surface area contributed by atoms with Crippen LogP contribution in [0.2, 0.25) is 0 Å². The Labute approximate surface area is 185 Å². The van der Waals surface area contributed by atoms with Gasteiger partial charge in [-0.15, -0.1) is 0 Å². The highest BCUT2D eigenvalue weighted by Gasteiger charge is 2.55. The Morgan fingerprint density at radius 1 is 1.31 bits per heavy atom. The molecule has 0 radical (unpaired) electrons. The second-order valence-electron chi connectivity index (χ2n) is 9.43. The zero-order valence-corrected chi connectivity index (χ0v) is 18.8. The first kappa shape index (κ1) is 22.3. The lowest BCUT2D eigenvalue weighted by atomic mass is 9.85. The fourth-order valence-corrected chi connectivity index (χ4v) is 4.58. The van der Waals surface area contributed by atoms with E-state index in [-0.39, 0.29) is 24.9 Å². The molecule has 3 atom stereocenters. The second kappa shape index (κ2) is 7.58. The zero-order chi connectivity index (χ0) is 23.4. The lowest BCUT2D eigenvalue weighted by Gasteiger charge is -2.39. The molecule has 1 spiro atoms. The van der Waals surface area contributed by atoms with Crippen LogP contribution in [-0.4, -0.2) is 58.0 Å². The predicted molar refractivity (Wildman–Crippen MR) is 113 cm³/mol. The number of para-hydroxylation sites is 1. The third-order valence-electron chi connectivity index (χ3n) is 5.85. The fraction of sp³-hybridized carbons (Fsp3) is 0.522. The van der Waals surface area contributed by atoms with Crippen LogP contribution in [0.25, 0.3) is 10.9 Å². The van der Waals surface area contributed by atoms with Crippen LogP contribution in [0.15, 0.2) is 18.2 Å². The second-order valence-corrected chi connectivity index (χ2v) is 9.43. The lowest BCUT2D eigenvalue weighted by Crippen LogP contribution is -2.46. The van der Waals surface area contributed by atoms with E-state index >= 15 is 0 Å². The summed E-state index contributed by atoms with van der Waals surface area (Å²) in [5.74, 6) is -0.729. The first-order valence-corrected chi connectivity index (χ1v) is 10.5. The van der Waals surface area contributed by atoms with E-state index in [0.717, 1.165) is 0 Å². The topological polar surface area (TPSA) is 98.2 Å². The van der Waals surface area contributed by atoms with Gasteiger partial charge in [-0.05, 0) is 33.8 Å². The summed E-state index contributed by atoms with van der Waals surface area (Å²) in [6, 6.07) is 3.64. The summed E-state index contributed by atoms with van der Waals surface area (Å²) in [5.41, 5.74) is -0.757. The monoisotopic (exact) mass is 446 g/mol. The van der Waals surface area contributed by atoms with E-state index in [0.29, 0.717) is 22.4 Å². The van der Waals surface area contributed by atoms with Crippen molar-refractivity contribution in [3.63, 3.8) is 0 Å². The molecule has 0 aliphatic carbocycles. The first-order chi connectivity index (χ1) is 14.9. The van der Waals surface area contributed by atoms with Gasteiger partial charge in [0.25, 0.3) is 0 Å². The Morgan fingerprint density at radius 2 is 2.03 bits per heavy atom. The van der Waals surface area contributed by atoms with Crippen LogP contribution in [-0.2, 0) is 14.3 Å². The molecule has 32 heavy (non-hydrogen) atoms. The van der Waals surface area contributed by atoms with Gasteiger partial charge in [-0.3, -0.25) is 4.90 Å². The number of nitrogens with zero attached hydrogens (tertiary/aromatic N) is 2. The molecule has 2 aromatic rings. The largest absolute Gasteiger partial charge is 0.483 e. The van der Waals surface area contributed by atoms with Gasteiger partial charge in [-0.1, -0.05) is 12.1 Å². The van der Waals surface area contributed by atoms with Crippen LogP contribution >= 0.6 is 0 Å². The molecular weight excluding hydrogens is 419 g/mol. The van der Waals surface area contributed by atoms with Gasteiger partial charge in [0.05, 0.1) is 25.5 Å². The fourth-order valence-electron chi connectivity index (χ4n) is 4.58. The molecule has 1 aromatic heterocycles. The Balaban J connectivity index is 1.74. The van der Waals surface area contributed by atoms with Crippen molar-refractivity contribution < 1.29 is 33.3 Å². The molecule has 9 heteroatoms. The van der Waals surface area contributed by atoms with Crippen molar-refractivity contribution in [2.45, 2.75) is 63.9 Å². The number of fused-ring (bicyclic) bond motifs is 3. The number of halogens is 1. The summed E-state index contributed by atoms with van der Waals surface area (Å²) in [4.78, 5) is 31.0. The molecule has 2 aliphatic rings. The van der Waals surface area contributed by atoms with Crippen molar-refractivity contribution in [2.24, 2.45) is 0 Å². The van der Waals surface area contributed by atoms with E-state index in [4.69, 9.17) is 14.2 Å². The minimum absolute atomic E-state index is 0.0266. The van der Waals surface area contributed by atoms with E-state index in [1.807, 2.05) is 0 Å². The van der Waals surface area contributed by atoms with Crippen LogP contribution in [0.3, 0.4) is 0 Å². The number of esters is 1. The van der Waals surface area contributed by atoms with Gasteiger partial charge in [-0.25, -0.2) is 19.0 Å². The van der Waals surface area contributed by atoms with Crippen molar-refractivity contribution in [1.82, 2.24) is 9.88 Å². The first-order valence-electron chi connectivity index (χ1n) is 10.5. The standard InChI is InChI=1S/C23H27FN2O6/c1-12-19-17(13-7-6-8-14(24)18(13)25-12)16(27)10-23(31-19)9-15(20(28)30-5)26(11-23)21(29)32-22(2,3)4/h6-8,15-16,27H,9-11H2,1-5H3/t15-,16?,23+/m0/s1. The van der Waals surface area contributed by atoms with Gasteiger partial charge in [0.15, 0.2) is 0 Å². The molecule has 1 amide bonds. The van der Waals surface area contributed by atoms with Crippen LogP contribution in [0.5, 0.6) is 5.75 Å². The molecule has 4 rings (SSSR count). The van der Waals surface area contributed by atoms with E-state index in [1.54, 1.807) is 39.8 Å². The number of benzene rings is 1. The van der Waals surface area contributed by atoms with Crippen LogP contribution in [0, 0.1) is 12.7 Å². The molecule has 0 saturated carbocycles. The number of ether oxygens (including phenoxy) is 3. The number of hydrogen-bond donors (Lipinski definition) is 1. The molecule has 1 unspecified atom stereocenters. The molecule has 2 aliphatic heterocycles. The minimum Gasteiger partial charge on any atom is -0.483 e. The van der Waals surface area contributed by atoms with Gasteiger partial charge >= 0.3 is 12.1 Å². The molecule has 0 bridgehead atoms. The van der Waals surface area contributed by atoms with Crippen molar-refractivity contribution in [3.8, 4) is 5.75 Å². The summed E-state index contributed by atoms with van der Waals surface area (Å²) < 4.78 is 31.1. The van der Waals surface area contributed by atoms with Crippen molar-refractivity contribution in [1.29, 1.82) is 0 Å². The van der Waals surface area contributed by atoms with Crippen LogP contribution in [0.4, 0.5) is 9.18 Å². The molecule has 172 valence electrons. The normalized spacial score (nSPS) is 24.9. The smallest absolute Gasteiger partial charge is 0.411 e. The minimum atomic E-state index is -1.05. The third kappa shape index (κ3) is 3.74. The Morgan fingerprint density at radius 3 is 2.69 bits per heavy atom. The molecular formula is C23H27FN2O6. The Kier molecular flexibility index (Phi) is 5.27. The lowest BCUT2D eigenvalue weighted by molar-refractivity contribution is -0.145. The highest BCUT2D eigenvalue weighted by molar-refractivity contribution is 5.86. The number of aliphatic hydroxyl groups excluding tert-OH is 1. The number of rotatable bonds is 1. The maximum absolute atomic E-state index is 14.3. The summed E-state index contributed by atoms with van der Waals surface area (Å²) in [6.07, 6.45) is -1.43. The maximum atomic E-state index is 14.3. The number of amides is 1. The summed E-state index contributed by atoms with van der Waals surface area (Å²) in [7, 11) is 1.25. The van der Waals surface area contributed by atoms with Gasteiger partial charge in [0, 0.05) is 23.8 Å². The number of methoxy groups -OCH3 is 1. The van der Waals surface area contributed by atoms with E-state index in [9.17, 15) is 19.1 Å². The number of likely N-dealkylation sites (tertiary alicyclic amines) is 1. The van der Waals surface area contributed by atoms with E-state index in [1.165, 1.54) is 18.1 Å². The molecule has 1 fully saturated rings. The molecule has 1 N–H and O–H groups in total. The molecule has 3 heterocycles. The summed E-state index contributed by atoms with van der Waals surface area (Å²) in [5, 5.41) is 11.6. The quantitative estimate of drug-likeness (QED) is 0.670. The molecule has 1 aromatic carbocycles. The average Bonchev–Trinajstić information content (AvgIpc) is 3.06.